The number of hydrogen-bond acceptors (Lipinski definition) is 7. The Morgan fingerprint density at radius 1 is 1.12 bits per heavy atom. The first-order valence-electron chi connectivity index (χ1n) is 8.60. The van der Waals surface area contributed by atoms with Gasteiger partial charge in [-0.15, -0.1) is 0 Å². The second-order valence-corrected chi connectivity index (χ2v) is 5.93. The predicted molar refractivity (Wildman–Crippen MR) is 89.7 cm³/mol. The van der Waals surface area contributed by atoms with Crippen molar-refractivity contribution in [2.24, 2.45) is 0 Å². The van der Waals surface area contributed by atoms with E-state index in [1.54, 1.807) is 25.1 Å². The van der Waals surface area contributed by atoms with Crippen LogP contribution in [-0.2, 0) is 14.3 Å². The fourth-order valence-electron chi connectivity index (χ4n) is 2.89. The van der Waals surface area contributed by atoms with Gasteiger partial charge in [0.25, 0.3) is 5.91 Å². The normalized spacial score (nSPS) is 14.0. The van der Waals surface area contributed by atoms with Crippen molar-refractivity contribution in [2.45, 2.75) is 32.6 Å². The van der Waals surface area contributed by atoms with Crippen LogP contribution in [0.15, 0.2) is 22.8 Å². The van der Waals surface area contributed by atoms with Crippen molar-refractivity contribution in [3.8, 4) is 0 Å². The number of esters is 1. The monoisotopic (exact) mass is 360 g/mol. The Morgan fingerprint density at radius 3 is 2.69 bits per heavy atom. The number of carbonyl (C=O) groups excluding carboxylic acids is 3. The Balaban J connectivity index is 1.62. The maximum absolute atomic E-state index is 12.8. The van der Waals surface area contributed by atoms with Gasteiger partial charge in [-0.25, -0.2) is 9.64 Å². The summed E-state index contributed by atoms with van der Waals surface area (Å²) < 4.78 is 9.49. The largest absolute Gasteiger partial charge is 0.466 e. The minimum absolute atomic E-state index is 0.177. The van der Waals surface area contributed by atoms with Gasteiger partial charge in [0.1, 0.15) is 11.0 Å². The third kappa shape index (κ3) is 3.81. The van der Waals surface area contributed by atoms with Crippen LogP contribution in [-0.4, -0.2) is 57.8 Å². The Kier molecular flexibility index (Phi) is 5.45. The molecule has 0 saturated carbocycles. The predicted octanol–water partition coefficient (Wildman–Crippen LogP) is 1.55. The summed E-state index contributed by atoms with van der Waals surface area (Å²) in [6.07, 6.45) is 1.49. The summed E-state index contributed by atoms with van der Waals surface area (Å²) in [5.41, 5.74) is 1.47. The van der Waals surface area contributed by atoms with Crippen LogP contribution < -0.4 is 0 Å². The minimum atomic E-state index is -0.316. The maximum atomic E-state index is 12.8. The lowest BCUT2D eigenvalue weighted by atomic mass is 10.2. The van der Waals surface area contributed by atoms with Gasteiger partial charge < -0.3 is 4.74 Å². The van der Waals surface area contributed by atoms with E-state index in [-0.39, 0.29) is 30.6 Å². The summed E-state index contributed by atoms with van der Waals surface area (Å²) in [6.45, 7) is 3.02. The summed E-state index contributed by atoms with van der Waals surface area (Å²) in [6, 6.07) is 4.88. The van der Waals surface area contributed by atoms with E-state index in [9.17, 15) is 14.4 Å². The van der Waals surface area contributed by atoms with Gasteiger partial charge in [-0.1, -0.05) is 0 Å². The van der Waals surface area contributed by atoms with E-state index in [0.29, 0.717) is 49.1 Å². The molecule has 9 nitrogen and oxygen atoms in total. The maximum Gasteiger partial charge on any atom is 0.305 e. The van der Waals surface area contributed by atoms with Crippen LogP contribution in [0.4, 0.5) is 0 Å². The molecule has 3 rings (SSSR count). The SMILES string of the molecule is CCOC(=O)CCCC(=O)N1CCCN1C(=O)c1ccc2nonc2c1. The molecule has 1 aromatic carbocycles. The zero-order valence-corrected chi connectivity index (χ0v) is 14.5. The Hall–Kier alpha value is -2.97. The van der Waals surface area contributed by atoms with Crippen LogP contribution in [0, 0.1) is 0 Å². The van der Waals surface area contributed by atoms with Gasteiger partial charge in [0.2, 0.25) is 5.91 Å². The van der Waals surface area contributed by atoms with E-state index in [2.05, 4.69) is 14.9 Å². The number of hydrazine groups is 1. The van der Waals surface area contributed by atoms with Crippen molar-refractivity contribution >= 4 is 28.8 Å². The smallest absolute Gasteiger partial charge is 0.305 e. The number of amides is 2. The fourth-order valence-corrected chi connectivity index (χ4v) is 2.89. The molecule has 0 bridgehead atoms. The molecular formula is C17H20N4O5. The van der Waals surface area contributed by atoms with Crippen molar-refractivity contribution in [1.29, 1.82) is 0 Å². The zero-order valence-electron chi connectivity index (χ0n) is 14.5. The first-order valence-corrected chi connectivity index (χ1v) is 8.60. The van der Waals surface area contributed by atoms with Gasteiger partial charge in [-0.05, 0) is 48.3 Å². The van der Waals surface area contributed by atoms with Gasteiger partial charge in [0.15, 0.2) is 0 Å². The lowest BCUT2D eigenvalue weighted by molar-refractivity contribution is -0.144. The Bertz CT molecular complexity index is 818. The second kappa shape index (κ2) is 7.94. The highest BCUT2D eigenvalue weighted by Crippen LogP contribution is 2.19. The third-order valence-electron chi connectivity index (χ3n) is 4.13. The van der Waals surface area contributed by atoms with E-state index in [0.717, 1.165) is 0 Å². The van der Waals surface area contributed by atoms with Gasteiger partial charge in [-0.3, -0.25) is 19.4 Å². The molecule has 0 aliphatic carbocycles. The molecule has 0 spiro atoms. The Labute approximate surface area is 149 Å². The summed E-state index contributed by atoms with van der Waals surface area (Å²) in [5, 5.41) is 10.3. The molecule has 2 amide bonds. The molecule has 1 fully saturated rings. The zero-order chi connectivity index (χ0) is 18.5. The van der Waals surface area contributed by atoms with E-state index < -0.39 is 0 Å². The van der Waals surface area contributed by atoms with Crippen LogP contribution in [0.25, 0.3) is 11.0 Å². The highest BCUT2D eigenvalue weighted by atomic mass is 16.6. The van der Waals surface area contributed by atoms with E-state index in [1.807, 2.05) is 0 Å². The molecule has 2 heterocycles. The molecule has 1 aliphatic rings. The van der Waals surface area contributed by atoms with Crippen molar-refractivity contribution in [3.63, 3.8) is 0 Å². The van der Waals surface area contributed by atoms with Gasteiger partial charge >= 0.3 is 5.97 Å². The molecule has 1 saturated heterocycles. The molecule has 0 radical (unpaired) electrons. The van der Waals surface area contributed by atoms with Gasteiger partial charge in [-0.2, -0.15) is 0 Å². The van der Waals surface area contributed by atoms with E-state index >= 15 is 0 Å². The van der Waals surface area contributed by atoms with Gasteiger partial charge in [0.05, 0.1) is 6.61 Å². The number of rotatable bonds is 6. The lowest BCUT2D eigenvalue weighted by Crippen LogP contribution is -2.44. The van der Waals surface area contributed by atoms with E-state index in [4.69, 9.17) is 4.74 Å². The lowest BCUT2D eigenvalue weighted by Gasteiger charge is -2.28. The van der Waals surface area contributed by atoms with Crippen LogP contribution in [0.5, 0.6) is 0 Å². The summed E-state index contributed by atoms with van der Waals surface area (Å²) >= 11 is 0. The number of ether oxygens (including phenoxy) is 1. The molecule has 0 N–H and O–H groups in total. The molecule has 26 heavy (non-hydrogen) atoms. The third-order valence-corrected chi connectivity index (χ3v) is 4.13. The Morgan fingerprint density at radius 2 is 1.88 bits per heavy atom. The molecule has 1 aliphatic heterocycles. The van der Waals surface area contributed by atoms with Crippen molar-refractivity contribution < 1.29 is 23.7 Å². The molecule has 0 unspecified atom stereocenters. The highest BCUT2D eigenvalue weighted by molar-refractivity contribution is 5.98. The summed E-state index contributed by atoms with van der Waals surface area (Å²) in [5.74, 6) is -0.764. The quantitative estimate of drug-likeness (QED) is 0.719. The number of benzene rings is 1. The topological polar surface area (TPSA) is 106 Å². The molecule has 0 atom stereocenters. The second-order valence-electron chi connectivity index (χ2n) is 5.93. The number of aromatic nitrogens is 2. The van der Waals surface area contributed by atoms with E-state index in [1.165, 1.54) is 10.0 Å². The average Bonchev–Trinajstić information content (AvgIpc) is 3.29. The van der Waals surface area contributed by atoms with Crippen LogP contribution in [0.1, 0.15) is 43.0 Å². The summed E-state index contributed by atoms with van der Waals surface area (Å²) in [7, 11) is 0. The number of carbonyl (C=O) groups is 3. The molecule has 1 aromatic heterocycles. The summed E-state index contributed by atoms with van der Waals surface area (Å²) in [4.78, 5) is 36.6. The number of hydrogen-bond donors (Lipinski definition) is 0. The molecule has 9 heteroatoms. The first-order chi connectivity index (χ1) is 12.6. The fraction of sp³-hybridized carbons (Fsp3) is 0.471. The van der Waals surface area contributed by atoms with Crippen molar-refractivity contribution in [1.82, 2.24) is 20.3 Å². The van der Waals surface area contributed by atoms with Crippen molar-refractivity contribution in [2.75, 3.05) is 19.7 Å². The minimum Gasteiger partial charge on any atom is -0.466 e. The van der Waals surface area contributed by atoms with Crippen LogP contribution in [0.3, 0.4) is 0 Å². The van der Waals surface area contributed by atoms with Crippen molar-refractivity contribution in [3.05, 3.63) is 23.8 Å². The van der Waals surface area contributed by atoms with Crippen LogP contribution >= 0.6 is 0 Å². The molecular weight excluding hydrogens is 340 g/mol. The number of fused-ring (bicyclic) bond motifs is 1. The molecule has 2 aromatic rings. The average molecular weight is 360 g/mol. The standard InChI is InChI=1S/C17H20N4O5/c1-2-25-16(23)6-3-5-15(22)20-9-4-10-21(20)17(24)12-7-8-13-14(11-12)19-26-18-13/h7-8,11H,2-6,9-10H2,1H3. The number of nitrogens with zero attached hydrogens (tertiary/aromatic N) is 4. The van der Waals surface area contributed by atoms with Gasteiger partial charge in [0, 0.05) is 31.5 Å². The van der Waals surface area contributed by atoms with Crippen LogP contribution in [0.2, 0.25) is 0 Å². The molecule has 138 valence electrons. The first kappa shape index (κ1) is 17.8. The highest BCUT2D eigenvalue weighted by Gasteiger charge is 2.31.